The second-order valence-corrected chi connectivity index (χ2v) is 7.09. The molecule has 2 unspecified atom stereocenters. The molecule has 0 aromatic heterocycles. The van der Waals surface area contributed by atoms with E-state index in [0.717, 1.165) is 11.1 Å². The molecular formula is C21H21N3O4. The van der Waals surface area contributed by atoms with Crippen LogP contribution in [0.4, 0.5) is 5.69 Å². The van der Waals surface area contributed by atoms with E-state index in [-0.39, 0.29) is 31.4 Å². The molecule has 2 aliphatic heterocycles. The summed E-state index contributed by atoms with van der Waals surface area (Å²) in [6, 6.07) is 14.3. The van der Waals surface area contributed by atoms with Gasteiger partial charge in [0.25, 0.3) is 11.8 Å². The fraction of sp³-hybridized carbons (Fsp3) is 0.286. The minimum absolute atomic E-state index is 0.0703. The standard InChI is InChI=1S/C21H21N3O4/c1-13(25)20(27)23-9-10-24-18(12-23)19(26)22-17-8-7-15(11-16(17)21(24)28)14-5-3-2-4-6-14/h2-8,11,13,18,25H,9-10,12H2,1H3,(H,22,26). The number of piperazine rings is 1. The van der Waals surface area contributed by atoms with E-state index in [2.05, 4.69) is 5.32 Å². The number of aliphatic hydroxyl groups excluding tert-OH is 1. The molecule has 0 radical (unpaired) electrons. The van der Waals surface area contributed by atoms with Crippen LogP contribution in [-0.2, 0) is 9.59 Å². The van der Waals surface area contributed by atoms with Gasteiger partial charge in [-0.15, -0.1) is 0 Å². The van der Waals surface area contributed by atoms with Crippen molar-refractivity contribution in [3.8, 4) is 11.1 Å². The summed E-state index contributed by atoms with van der Waals surface area (Å²) in [5, 5.41) is 12.4. The second kappa shape index (κ2) is 7.09. The molecule has 0 spiro atoms. The molecule has 2 atom stereocenters. The van der Waals surface area contributed by atoms with Gasteiger partial charge in [-0.1, -0.05) is 36.4 Å². The highest BCUT2D eigenvalue weighted by atomic mass is 16.3. The maximum atomic E-state index is 13.2. The van der Waals surface area contributed by atoms with Gasteiger partial charge in [0.1, 0.15) is 12.1 Å². The average molecular weight is 379 g/mol. The van der Waals surface area contributed by atoms with E-state index in [9.17, 15) is 19.5 Å². The Bertz CT molecular complexity index is 942. The zero-order chi connectivity index (χ0) is 19.8. The Morgan fingerprint density at radius 1 is 1.11 bits per heavy atom. The first-order chi connectivity index (χ1) is 13.5. The number of amides is 3. The van der Waals surface area contributed by atoms with Gasteiger partial charge in [-0.05, 0) is 30.2 Å². The van der Waals surface area contributed by atoms with Crippen molar-refractivity contribution in [2.75, 3.05) is 25.0 Å². The Kier molecular flexibility index (Phi) is 4.60. The quantitative estimate of drug-likeness (QED) is 0.824. The number of aliphatic hydroxyl groups is 1. The molecule has 2 heterocycles. The van der Waals surface area contributed by atoms with Crippen LogP contribution in [0.5, 0.6) is 0 Å². The number of rotatable bonds is 2. The van der Waals surface area contributed by atoms with Gasteiger partial charge in [0, 0.05) is 13.1 Å². The van der Waals surface area contributed by atoms with E-state index in [1.165, 1.54) is 16.7 Å². The van der Waals surface area contributed by atoms with Crippen LogP contribution in [0.1, 0.15) is 17.3 Å². The summed E-state index contributed by atoms with van der Waals surface area (Å²) in [4.78, 5) is 41.0. The van der Waals surface area contributed by atoms with Crippen molar-refractivity contribution in [3.63, 3.8) is 0 Å². The number of anilines is 1. The van der Waals surface area contributed by atoms with Crippen molar-refractivity contribution < 1.29 is 19.5 Å². The fourth-order valence-corrected chi connectivity index (χ4v) is 3.73. The van der Waals surface area contributed by atoms with E-state index < -0.39 is 18.1 Å². The van der Waals surface area contributed by atoms with E-state index in [1.54, 1.807) is 12.1 Å². The summed E-state index contributed by atoms with van der Waals surface area (Å²) < 4.78 is 0. The molecule has 28 heavy (non-hydrogen) atoms. The number of benzene rings is 2. The Morgan fingerprint density at radius 2 is 1.86 bits per heavy atom. The topological polar surface area (TPSA) is 89.9 Å². The van der Waals surface area contributed by atoms with Gasteiger partial charge in [-0.3, -0.25) is 14.4 Å². The summed E-state index contributed by atoms with van der Waals surface area (Å²) in [6.07, 6.45) is -1.14. The molecule has 7 heteroatoms. The number of hydrogen-bond acceptors (Lipinski definition) is 4. The first-order valence-corrected chi connectivity index (χ1v) is 9.24. The van der Waals surface area contributed by atoms with Crippen molar-refractivity contribution in [1.82, 2.24) is 9.80 Å². The molecule has 144 valence electrons. The van der Waals surface area contributed by atoms with E-state index in [4.69, 9.17) is 0 Å². The van der Waals surface area contributed by atoms with E-state index >= 15 is 0 Å². The number of hydrogen-bond donors (Lipinski definition) is 2. The third-order valence-electron chi connectivity index (χ3n) is 5.23. The maximum Gasteiger partial charge on any atom is 0.256 e. The Morgan fingerprint density at radius 3 is 2.57 bits per heavy atom. The number of carbonyl (C=O) groups is 3. The van der Waals surface area contributed by atoms with E-state index in [1.807, 2.05) is 36.4 Å². The first kappa shape index (κ1) is 18.2. The van der Waals surface area contributed by atoms with E-state index in [0.29, 0.717) is 11.3 Å². The van der Waals surface area contributed by atoms with Crippen LogP contribution in [-0.4, -0.2) is 64.4 Å². The average Bonchev–Trinajstić information content (AvgIpc) is 2.82. The van der Waals surface area contributed by atoms with Crippen molar-refractivity contribution in [3.05, 3.63) is 54.1 Å². The van der Waals surface area contributed by atoms with Crippen molar-refractivity contribution in [1.29, 1.82) is 0 Å². The first-order valence-electron chi connectivity index (χ1n) is 9.24. The van der Waals surface area contributed by atoms with Crippen LogP contribution in [0.2, 0.25) is 0 Å². The monoisotopic (exact) mass is 379 g/mol. The lowest BCUT2D eigenvalue weighted by Gasteiger charge is -2.39. The molecule has 7 nitrogen and oxygen atoms in total. The summed E-state index contributed by atoms with van der Waals surface area (Å²) >= 11 is 0. The lowest BCUT2D eigenvalue weighted by atomic mass is 10.0. The van der Waals surface area contributed by atoms with Crippen LogP contribution < -0.4 is 5.32 Å². The maximum absolute atomic E-state index is 13.2. The molecule has 3 amide bonds. The molecule has 2 aromatic carbocycles. The Balaban J connectivity index is 1.67. The fourth-order valence-electron chi connectivity index (χ4n) is 3.73. The molecule has 2 aliphatic rings. The van der Waals surface area contributed by atoms with Crippen molar-refractivity contribution >= 4 is 23.4 Å². The predicted octanol–water partition coefficient (Wildman–Crippen LogP) is 1.34. The van der Waals surface area contributed by atoms with Crippen LogP contribution in [0.25, 0.3) is 11.1 Å². The number of fused-ring (bicyclic) bond motifs is 2. The molecule has 0 saturated carbocycles. The largest absolute Gasteiger partial charge is 0.384 e. The summed E-state index contributed by atoms with van der Waals surface area (Å²) in [5.74, 6) is -1.00. The van der Waals surface area contributed by atoms with Crippen LogP contribution >= 0.6 is 0 Å². The Labute approximate surface area is 162 Å². The lowest BCUT2D eigenvalue weighted by Crippen LogP contribution is -2.60. The van der Waals surface area contributed by atoms with Gasteiger partial charge in [0.05, 0.1) is 17.8 Å². The smallest absolute Gasteiger partial charge is 0.256 e. The summed E-state index contributed by atoms with van der Waals surface area (Å²) in [5.41, 5.74) is 2.78. The van der Waals surface area contributed by atoms with Crippen molar-refractivity contribution in [2.24, 2.45) is 0 Å². The SMILES string of the molecule is CC(O)C(=O)N1CCN2C(=O)c3cc(-c4ccccc4)ccc3NC(=O)C2C1. The predicted molar refractivity (Wildman–Crippen MR) is 104 cm³/mol. The van der Waals surface area contributed by atoms with Gasteiger partial charge in [0.15, 0.2) is 0 Å². The normalized spacial score (nSPS) is 20.0. The van der Waals surface area contributed by atoms with Crippen LogP contribution in [0.15, 0.2) is 48.5 Å². The molecule has 4 rings (SSSR count). The number of nitrogens with zero attached hydrogens (tertiary/aromatic N) is 2. The minimum atomic E-state index is -1.14. The molecular weight excluding hydrogens is 358 g/mol. The molecule has 2 N–H and O–H groups in total. The highest BCUT2D eigenvalue weighted by molar-refractivity contribution is 6.10. The van der Waals surface area contributed by atoms with Gasteiger partial charge < -0.3 is 20.2 Å². The number of nitrogens with one attached hydrogen (secondary N) is 1. The Hall–Kier alpha value is -3.19. The molecule has 2 aromatic rings. The third kappa shape index (κ3) is 3.14. The number of carbonyl (C=O) groups excluding carboxylic acids is 3. The second-order valence-electron chi connectivity index (χ2n) is 7.09. The third-order valence-corrected chi connectivity index (χ3v) is 5.23. The summed E-state index contributed by atoms with van der Waals surface area (Å²) in [6.45, 7) is 1.99. The lowest BCUT2D eigenvalue weighted by molar-refractivity contribution is -0.143. The van der Waals surface area contributed by atoms with Gasteiger partial charge in [-0.25, -0.2) is 0 Å². The van der Waals surface area contributed by atoms with Crippen LogP contribution in [0.3, 0.4) is 0 Å². The highest BCUT2D eigenvalue weighted by Gasteiger charge is 2.40. The zero-order valence-corrected chi connectivity index (χ0v) is 15.5. The van der Waals surface area contributed by atoms with Gasteiger partial charge in [-0.2, -0.15) is 0 Å². The highest BCUT2D eigenvalue weighted by Crippen LogP contribution is 2.30. The zero-order valence-electron chi connectivity index (χ0n) is 15.5. The van der Waals surface area contributed by atoms with Gasteiger partial charge in [0.2, 0.25) is 5.91 Å². The van der Waals surface area contributed by atoms with Crippen molar-refractivity contribution in [2.45, 2.75) is 19.1 Å². The minimum Gasteiger partial charge on any atom is -0.384 e. The molecule has 0 aliphatic carbocycles. The molecule has 1 fully saturated rings. The van der Waals surface area contributed by atoms with Crippen LogP contribution in [0, 0.1) is 0 Å². The molecule has 1 saturated heterocycles. The summed E-state index contributed by atoms with van der Waals surface area (Å²) in [7, 11) is 0. The van der Waals surface area contributed by atoms with Gasteiger partial charge >= 0.3 is 0 Å². The molecule has 0 bridgehead atoms.